The standard InChI is InChI=1S/C18H28N2/c1-2-15-8-10-16(11-9-15)18(17-7-6-12-19-17)20-13-4-3-5-14-20/h8-11,17-19H,2-7,12-14H2,1H3. The Balaban J connectivity index is 1.82. The van der Waals surface area contributed by atoms with Crippen molar-refractivity contribution in [2.45, 2.75) is 57.5 Å². The van der Waals surface area contributed by atoms with E-state index in [9.17, 15) is 0 Å². The summed E-state index contributed by atoms with van der Waals surface area (Å²) in [6.45, 7) is 5.98. The van der Waals surface area contributed by atoms with Gasteiger partial charge in [-0.25, -0.2) is 0 Å². The van der Waals surface area contributed by atoms with Crippen LogP contribution >= 0.6 is 0 Å². The van der Waals surface area contributed by atoms with Crippen molar-refractivity contribution in [2.24, 2.45) is 0 Å². The molecule has 2 nitrogen and oxygen atoms in total. The summed E-state index contributed by atoms with van der Waals surface area (Å²) in [7, 11) is 0. The van der Waals surface area contributed by atoms with Crippen molar-refractivity contribution >= 4 is 0 Å². The first-order valence-electron chi connectivity index (χ1n) is 8.45. The maximum atomic E-state index is 3.74. The van der Waals surface area contributed by atoms with Crippen molar-refractivity contribution in [3.8, 4) is 0 Å². The number of rotatable bonds is 4. The van der Waals surface area contributed by atoms with E-state index < -0.39 is 0 Å². The second kappa shape index (κ2) is 6.73. The summed E-state index contributed by atoms with van der Waals surface area (Å²) in [5.41, 5.74) is 2.97. The zero-order chi connectivity index (χ0) is 13.8. The first kappa shape index (κ1) is 14.1. The lowest BCUT2D eigenvalue weighted by atomic mass is 9.93. The molecule has 2 aliphatic rings. The average Bonchev–Trinajstić information content (AvgIpc) is 3.03. The molecule has 0 aromatic heterocycles. The number of aryl methyl sites for hydroxylation is 1. The Bertz CT molecular complexity index is 400. The Hall–Kier alpha value is -0.860. The van der Waals surface area contributed by atoms with Gasteiger partial charge in [-0.1, -0.05) is 37.6 Å². The van der Waals surface area contributed by atoms with Gasteiger partial charge in [-0.05, 0) is 62.9 Å². The first-order chi connectivity index (χ1) is 9.88. The molecule has 2 heterocycles. The second-order valence-electron chi connectivity index (χ2n) is 6.34. The van der Waals surface area contributed by atoms with E-state index in [0.717, 1.165) is 6.42 Å². The van der Waals surface area contributed by atoms with Gasteiger partial charge in [0, 0.05) is 6.04 Å². The van der Waals surface area contributed by atoms with Gasteiger partial charge >= 0.3 is 0 Å². The molecule has 20 heavy (non-hydrogen) atoms. The van der Waals surface area contributed by atoms with E-state index in [0.29, 0.717) is 12.1 Å². The zero-order valence-corrected chi connectivity index (χ0v) is 12.8. The molecule has 0 radical (unpaired) electrons. The summed E-state index contributed by atoms with van der Waals surface area (Å²) in [6, 6.07) is 10.6. The van der Waals surface area contributed by atoms with E-state index in [4.69, 9.17) is 0 Å². The normalized spacial score (nSPS) is 25.8. The maximum Gasteiger partial charge on any atom is 0.0501 e. The minimum atomic E-state index is 0.587. The molecule has 3 rings (SSSR count). The van der Waals surface area contributed by atoms with E-state index in [2.05, 4.69) is 41.4 Å². The van der Waals surface area contributed by atoms with E-state index >= 15 is 0 Å². The van der Waals surface area contributed by atoms with Gasteiger partial charge in [0.05, 0.1) is 6.04 Å². The van der Waals surface area contributed by atoms with Crippen molar-refractivity contribution in [1.82, 2.24) is 10.2 Å². The van der Waals surface area contributed by atoms with Gasteiger partial charge in [0.15, 0.2) is 0 Å². The monoisotopic (exact) mass is 272 g/mol. The SMILES string of the molecule is CCc1ccc(C(C2CCCN2)N2CCCCC2)cc1. The van der Waals surface area contributed by atoms with Gasteiger partial charge in [0.25, 0.3) is 0 Å². The molecule has 0 spiro atoms. The van der Waals surface area contributed by atoms with Crippen LogP contribution in [0.15, 0.2) is 24.3 Å². The van der Waals surface area contributed by atoms with E-state index in [1.54, 1.807) is 0 Å². The van der Waals surface area contributed by atoms with Crippen molar-refractivity contribution in [3.05, 3.63) is 35.4 Å². The highest BCUT2D eigenvalue weighted by atomic mass is 15.2. The van der Waals surface area contributed by atoms with Crippen molar-refractivity contribution in [1.29, 1.82) is 0 Å². The lowest BCUT2D eigenvalue weighted by Crippen LogP contribution is -2.43. The molecule has 0 amide bonds. The molecule has 2 unspecified atom stereocenters. The molecule has 1 aromatic rings. The van der Waals surface area contributed by atoms with Gasteiger partial charge in [-0.3, -0.25) is 4.90 Å². The highest BCUT2D eigenvalue weighted by Crippen LogP contribution is 2.31. The number of nitrogens with zero attached hydrogens (tertiary/aromatic N) is 1. The number of hydrogen-bond donors (Lipinski definition) is 1. The van der Waals surface area contributed by atoms with Gasteiger partial charge in [-0.15, -0.1) is 0 Å². The van der Waals surface area contributed by atoms with Crippen LogP contribution in [0.25, 0.3) is 0 Å². The molecule has 0 aliphatic carbocycles. The summed E-state index contributed by atoms with van der Waals surface area (Å²) < 4.78 is 0. The Kier molecular flexibility index (Phi) is 4.74. The van der Waals surface area contributed by atoms with Crippen LogP contribution in [-0.4, -0.2) is 30.6 Å². The molecule has 2 saturated heterocycles. The summed E-state index contributed by atoms with van der Waals surface area (Å²) in [6.07, 6.45) is 7.96. The third-order valence-electron chi connectivity index (χ3n) is 4.99. The topological polar surface area (TPSA) is 15.3 Å². The lowest BCUT2D eigenvalue weighted by molar-refractivity contribution is 0.136. The van der Waals surface area contributed by atoms with E-state index in [1.807, 2.05) is 0 Å². The largest absolute Gasteiger partial charge is 0.312 e. The molecule has 110 valence electrons. The molecule has 2 aliphatic heterocycles. The van der Waals surface area contributed by atoms with Crippen LogP contribution in [0.1, 0.15) is 56.2 Å². The molecular formula is C18H28N2. The summed E-state index contributed by atoms with van der Waals surface area (Å²) in [5.74, 6) is 0. The third kappa shape index (κ3) is 3.07. The van der Waals surface area contributed by atoms with Crippen LogP contribution in [0.3, 0.4) is 0 Å². The average molecular weight is 272 g/mol. The van der Waals surface area contributed by atoms with Gasteiger partial charge in [0.1, 0.15) is 0 Å². The van der Waals surface area contributed by atoms with Crippen molar-refractivity contribution < 1.29 is 0 Å². The van der Waals surface area contributed by atoms with Crippen LogP contribution in [0.4, 0.5) is 0 Å². The molecule has 2 fully saturated rings. The molecule has 0 bridgehead atoms. The maximum absolute atomic E-state index is 3.74. The second-order valence-corrected chi connectivity index (χ2v) is 6.34. The Labute approximate surface area is 123 Å². The number of piperidine rings is 1. The summed E-state index contributed by atoms with van der Waals surface area (Å²) in [5, 5.41) is 3.74. The van der Waals surface area contributed by atoms with Crippen LogP contribution in [0, 0.1) is 0 Å². The molecule has 2 atom stereocenters. The quantitative estimate of drug-likeness (QED) is 0.902. The number of hydrogen-bond acceptors (Lipinski definition) is 2. The van der Waals surface area contributed by atoms with Crippen LogP contribution in [-0.2, 0) is 6.42 Å². The van der Waals surface area contributed by atoms with Gasteiger partial charge in [0.2, 0.25) is 0 Å². The molecule has 1 aromatic carbocycles. The number of benzene rings is 1. The highest BCUT2D eigenvalue weighted by Gasteiger charge is 2.31. The fourth-order valence-corrected chi connectivity index (χ4v) is 3.83. The molecule has 0 saturated carbocycles. The zero-order valence-electron chi connectivity index (χ0n) is 12.8. The fraction of sp³-hybridized carbons (Fsp3) is 0.667. The molecule has 1 N–H and O–H groups in total. The van der Waals surface area contributed by atoms with Crippen molar-refractivity contribution in [2.75, 3.05) is 19.6 Å². The van der Waals surface area contributed by atoms with Gasteiger partial charge < -0.3 is 5.32 Å². The number of likely N-dealkylation sites (tertiary alicyclic amines) is 1. The highest BCUT2D eigenvalue weighted by molar-refractivity contribution is 5.26. The summed E-state index contributed by atoms with van der Waals surface area (Å²) >= 11 is 0. The van der Waals surface area contributed by atoms with E-state index in [-0.39, 0.29) is 0 Å². The summed E-state index contributed by atoms with van der Waals surface area (Å²) in [4.78, 5) is 2.73. The number of nitrogens with one attached hydrogen (secondary N) is 1. The van der Waals surface area contributed by atoms with Crippen LogP contribution < -0.4 is 5.32 Å². The smallest absolute Gasteiger partial charge is 0.0501 e. The van der Waals surface area contributed by atoms with Crippen LogP contribution in [0.5, 0.6) is 0 Å². The predicted molar refractivity (Wildman–Crippen MR) is 85.0 cm³/mol. The lowest BCUT2D eigenvalue weighted by Gasteiger charge is -2.38. The van der Waals surface area contributed by atoms with Crippen molar-refractivity contribution in [3.63, 3.8) is 0 Å². The molecule has 2 heteroatoms. The Morgan fingerprint density at radius 1 is 1.10 bits per heavy atom. The minimum absolute atomic E-state index is 0.587. The van der Waals surface area contributed by atoms with Crippen LogP contribution in [0.2, 0.25) is 0 Å². The third-order valence-corrected chi connectivity index (χ3v) is 4.99. The Morgan fingerprint density at radius 2 is 1.85 bits per heavy atom. The first-order valence-corrected chi connectivity index (χ1v) is 8.45. The van der Waals surface area contributed by atoms with Gasteiger partial charge in [-0.2, -0.15) is 0 Å². The minimum Gasteiger partial charge on any atom is -0.312 e. The Morgan fingerprint density at radius 3 is 2.45 bits per heavy atom. The van der Waals surface area contributed by atoms with E-state index in [1.165, 1.54) is 62.9 Å². The fourth-order valence-electron chi connectivity index (χ4n) is 3.83. The predicted octanol–water partition coefficient (Wildman–Crippen LogP) is 3.53. The molecular weight excluding hydrogens is 244 g/mol.